The van der Waals surface area contributed by atoms with E-state index in [0.717, 1.165) is 0 Å². The number of nitriles is 1. The molecule has 2 aromatic heterocycles. The van der Waals surface area contributed by atoms with Crippen LogP contribution in [-0.4, -0.2) is 49.8 Å². The Hall–Kier alpha value is -3.62. The molecule has 0 atom stereocenters. The van der Waals surface area contributed by atoms with Crippen LogP contribution in [-0.2, 0) is 14.8 Å². The number of anilines is 2. The van der Waals surface area contributed by atoms with E-state index in [1.807, 2.05) is 4.90 Å². The molecule has 0 spiro atoms. The summed E-state index contributed by atoms with van der Waals surface area (Å²) in [6.07, 6.45) is 2.65. The zero-order valence-corrected chi connectivity index (χ0v) is 20.4. The first kappa shape index (κ1) is 24.5. The van der Waals surface area contributed by atoms with Crippen LogP contribution in [0.1, 0.15) is 32.4 Å². The minimum Gasteiger partial charge on any atom is -0.459 e. The Labute approximate surface area is 204 Å². The number of furan rings is 1. The molecule has 4 rings (SSSR count). The van der Waals surface area contributed by atoms with E-state index < -0.39 is 10.0 Å². The molecule has 0 saturated carbocycles. The van der Waals surface area contributed by atoms with Crippen molar-refractivity contribution in [1.82, 2.24) is 9.29 Å². The normalized spacial score (nSPS) is 14.7. The van der Waals surface area contributed by atoms with Crippen LogP contribution in [0, 0.1) is 17.2 Å². The monoisotopic (exact) mass is 497 g/mol. The number of aromatic nitrogens is 1. The summed E-state index contributed by atoms with van der Waals surface area (Å²) in [5.41, 5.74) is 0.722. The Bertz CT molecular complexity index is 1300. The van der Waals surface area contributed by atoms with Crippen LogP contribution in [0.4, 0.5) is 11.6 Å². The molecule has 1 aromatic carbocycles. The van der Waals surface area contributed by atoms with Crippen LogP contribution >= 0.6 is 0 Å². The van der Waals surface area contributed by atoms with Crippen LogP contribution in [0.3, 0.4) is 0 Å². The number of carbonyl (C=O) groups excluding carboxylic acids is 1. The maximum absolute atomic E-state index is 12.8. The molecule has 1 amide bonds. The topological polar surface area (TPSA) is 133 Å². The number of sulfonamides is 1. The van der Waals surface area contributed by atoms with Crippen molar-refractivity contribution < 1.29 is 22.0 Å². The van der Waals surface area contributed by atoms with Crippen molar-refractivity contribution in [2.45, 2.75) is 31.6 Å². The van der Waals surface area contributed by atoms with Crippen molar-refractivity contribution >= 4 is 27.5 Å². The van der Waals surface area contributed by atoms with E-state index in [9.17, 15) is 18.5 Å². The van der Waals surface area contributed by atoms with Crippen LogP contribution in [0.2, 0.25) is 0 Å². The van der Waals surface area contributed by atoms with Gasteiger partial charge in [0.25, 0.3) is 5.89 Å². The summed E-state index contributed by atoms with van der Waals surface area (Å²) < 4.78 is 37.8. The molecular formula is C24H27N5O5S. The van der Waals surface area contributed by atoms with E-state index >= 15 is 0 Å². The first-order chi connectivity index (χ1) is 16.9. The van der Waals surface area contributed by atoms with Gasteiger partial charge in [0.15, 0.2) is 5.76 Å². The van der Waals surface area contributed by atoms with Gasteiger partial charge in [0.1, 0.15) is 6.07 Å². The molecule has 1 fully saturated rings. The zero-order chi connectivity index (χ0) is 25.0. The number of rotatable bonds is 8. The zero-order valence-electron chi connectivity index (χ0n) is 19.6. The number of carbonyl (C=O) groups is 1. The van der Waals surface area contributed by atoms with E-state index in [0.29, 0.717) is 56.4 Å². The molecule has 3 aromatic rings. The third-order valence-corrected chi connectivity index (χ3v) is 8.13. The van der Waals surface area contributed by atoms with E-state index in [2.05, 4.69) is 16.4 Å². The number of piperidine rings is 1. The molecule has 0 bridgehead atoms. The van der Waals surface area contributed by atoms with Crippen molar-refractivity contribution in [3.8, 4) is 17.7 Å². The van der Waals surface area contributed by atoms with Crippen molar-refractivity contribution in [2.75, 3.05) is 36.4 Å². The molecule has 35 heavy (non-hydrogen) atoms. The summed E-state index contributed by atoms with van der Waals surface area (Å²) in [5.74, 6) is 0.718. The first-order valence-electron chi connectivity index (χ1n) is 11.5. The summed E-state index contributed by atoms with van der Waals surface area (Å²) in [6, 6.07) is 11.7. The van der Waals surface area contributed by atoms with Crippen molar-refractivity contribution in [3.63, 3.8) is 0 Å². The second-order valence-corrected chi connectivity index (χ2v) is 10.1. The summed E-state index contributed by atoms with van der Waals surface area (Å²) in [6.45, 7) is 5.43. The highest BCUT2D eigenvalue weighted by Crippen LogP contribution is 2.31. The minimum atomic E-state index is -3.55. The Morgan fingerprint density at radius 1 is 1.20 bits per heavy atom. The second-order valence-electron chi connectivity index (χ2n) is 8.13. The van der Waals surface area contributed by atoms with Gasteiger partial charge in [0.2, 0.25) is 27.5 Å². The van der Waals surface area contributed by atoms with Gasteiger partial charge in [-0.25, -0.2) is 8.42 Å². The fraction of sp³-hybridized carbons (Fsp3) is 0.375. The van der Waals surface area contributed by atoms with Crippen molar-refractivity contribution in [3.05, 3.63) is 48.4 Å². The lowest BCUT2D eigenvalue weighted by molar-refractivity contribution is -0.120. The minimum absolute atomic E-state index is 0.127. The van der Waals surface area contributed by atoms with E-state index in [1.165, 1.54) is 22.7 Å². The third-order valence-electron chi connectivity index (χ3n) is 6.07. The number of nitrogens with zero attached hydrogens (tertiary/aromatic N) is 4. The summed E-state index contributed by atoms with van der Waals surface area (Å²) in [5, 5.41) is 12.3. The number of nitrogens with one attached hydrogen (secondary N) is 1. The second kappa shape index (κ2) is 10.3. The highest BCUT2D eigenvalue weighted by Gasteiger charge is 2.29. The molecular weight excluding hydrogens is 470 g/mol. The van der Waals surface area contributed by atoms with Gasteiger partial charge in [-0.05, 0) is 49.2 Å². The smallest absolute Gasteiger partial charge is 0.266 e. The van der Waals surface area contributed by atoms with Gasteiger partial charge < -0.3 is 19.1 Å². The predicted octanol–water partition coefficient (Wildman–Crippen LogP) is 3.69. The summed E-state index contributed by atoms with van der Waals surface area (Å²) in [4.78, 5) is 19.1. The van der Waals surface area contributed by atoms with E-state index in [1.54, 1.807) is 38.1 Å². The molecule has 0 aliphatic carbocycles. The Morgan fingerprint density at radius 2 is 1.89 bits per heavy atom. The number of oxazole rings is 1. The van der Waals surface area contributed by atoms with E-state index in [4.69, 9.17) is 8.83 Å². The number of benzene rings is 1. The fourth-order valence-electron chi connectivity index (χ4n) is 4.12. The molecule has 0 radical (unpaired) electrons. The molecule has 1 N–H and O–H groups in total. The maximum Gasteiger partial charge on any atom is 0.266 e. The van der Waals surface area contributed by atoms with Crippen LogP contribution in [0.15, 0.2) is 56.4 Å². The molecule has 3 heterocycles. The number of amides is 1. The Kier molecular flexibility index (Phi) is 7.23. The van der Waals surface area contributed by atoms with Gasteiger partial charge >= 0.3 is 0 Å². The molecule has 11 heteroatoms. The molecule has 1 aliphatic heterocycles. The highest BCUT2D eigenvalue weighted by atomic mass is 32.2. The average molecular weight is 498 g/mol. The largest absolute Gasteiger partial charge is 0.459 e. The molecule has 1 saturated heterocycles. The van der Waals surface area contributed by atoms with Gasteiger partial charge in [-0.1, -0.05) is 13.8 Å². The average Bonchev–Trinajstić information content (AvgIpc) is 3.55. The Morgan fingerprint density at radius 3 is 2.46 bits per heavy atom. The van der Waals surface area contributed by atoms with Crippen LogP contribution in [0.5, 0.6) is 0 Å². The highest BCUT2D eigenvalue weighted by molar-refractivity contribution is 7.89. The van der Waals surface area contributed by atoms with Crippen LogP contribution < -0.4 is 10.2 Å². The molecule has 1 aliphatic rings. The quantitative estimate of drug-likeness (QED) is 0.498. The van der Waals surface area contributed by atoms with Gasteiger partial charge in [-0.3, -0.25) is 4.79 Å². The lowest BCUT2D eigenvalue weighted by Gasteiger charge is -2.31. The van der Waals surface area contributed by atoms with Gasteiger partial charge in [-0.2, -0.15) is 14.6 Å². The lowest BCUT2D eigenvalue weighted by atomic mass is 9.96. The standard InChI is InChI=1S/C24H27N5O5S/c1-3-29(4-2)35(31,32)19-9-7-18(8-10-19)26-22(30)17-11-13-28(14-12-17)24-20(16-25)27-23(34-24)21-6-5-15-33-21/h5-10,15,17H,3-4,11-14H2,1-2H3,(H,26,30). The molecule has 184 valence electrons. The predicted molar refractivity (Wildman–Crippen MR) is 129 cm³/mol. The van der Waals surface area contributed by atoms with Gasteiger partial charge in [-0.15, -0.1) is 0 Å². The maximum atomic E-state index is 12.8. The fourth-order valence-corrected chi connectivity index (χ4v) is 5.57. The summed E-state index contributed by atoms with van der Waals surface area (Å²) >= 11 is 0. The van der Waals surface area contributed by atoms with Crippen molar-refractivity contribution in [1.29, 1.82) is 5.26 Å². The van der Waals surface area contributed by atoms with Crippen LogP contribution in [0.25, 0.3) is 11.7 Å². The van der Waals surface area contributed by atoms with Gasteiger partial charge in [0.05, 0.1) is 11.2 Å². The first-order valence-corrected chi connectivity index (χ1v) is 12.9. The molecule has 0 unspecified atom stereocenters. The SMILES string of the molecule is CCN(CC)S(=O)(=O)c1ccc(NC(=O)C2CCN(c3oc(-c4ccco4)nc3C#N)CC2)cc1. The number of hydrogen-bond donors (Lipinski definition) is 1. The lowest BCUT2D eigenvalue weighted by Crippen LogP contribution is -2.38. The number of hydrogen-bond acceptors (Lipinski definition) is 8. The summed E-state index contributed by atoms with van der Waals surface area (Å²) in [7, 11) is -3.55. The van der Waals surface area contributed by atoms with E-state index in [-0.39, 0.29) is 28.3 Å². The van der Waals surface area contributed by atoms with Gasteiger partial charge in [0, 0.05) is 37.8 Å². The molecule has 10 nitrogen and oxygen atoms in total. The Balaban J connectivity index is 1.37. The van der Waals surface area contributed by atoms with Crippen molar-refractivity contribution in [2.24, 2.45) is 5.92 Å². The third kappa shape index (κ3) is 5.08.